The molecule has 330 valence electrons. The van der Waals surface area contributed by atoms with Gasteiger partial charge in [-0.05, 0) is 104 Å². The van der Waals surface area contributed by atoms with E-state index in [1.807, 2.05) is 103 Å². The highest BCUT2D eigenvalue weighted by Gasteiger charge is 2.59. The first-order valence-corrected chi connectivity index (χ1v) is 23.7. The predicted octanol–water partition coefficient (Wildman–Crippen LogP) is 13.0. The van der Waals surface area contributed by atoms with Crippen LogP contribution in [0.25, 0.3) is 45.4 Å². The quantitative estimate of drug-likeness (QED) is 0.0681. The van der Waals surface area contributed by atoms with Crippen LogP contribution < -0.4 is 0 Å². The van der Waals surface area contributed by atoms with Crippen molar-refractivity contribution in [2.24, 2.45) is 28.2 Å². The molecule has 0 radical (unpaired) electrons. The third kappa shape index (κ3) is 8.41. The second-order valence-electron chi connectivity index (χ2n) is 19.3. The van der Waals surface area contributed by atoms with Crippen LogP contribution in [0.1, 0.15) is 75.8 Å². The number of rotatable bonds is 13. The summed E-state index contributed by atoms with van der Waals surface area (Å²) in [4.78, 5) is 26.8. The molecular weight excluding hydrogens is 809 g/mol. The van der Waals surface area contributed by atoms with Gasteiger partial charge in [-0.1, -0.05) is 153 Å². The number of amidine groups is 2. The van der Waals surface area contributed by atoms with Gasteiger partial charge < -0.3 is 10.3 Å². The Bertz CT molecular complexity index is 2750. The van der Waals surface area contributed by atoms with Crippen molar-refractivity contribution in [3.63, 3.8) is 0 Å². The Labute approximate surface area is 389 Å². The van der Waals surface area contributed by atoms with Crippen molar-refractivity contribution in [2.45, 2.75) is 76.2 Å². The maximum atomic E-state index is 8.97. The number of pyridine rings is 1. The molecule has 4 aromatic carbocycles. The van der Waals surface area contributed by atoms with Crippen LogP contribution in [0.4, 0.5) is 0 Å². The fourth-order valence-electron chi connectivity index (χ4n) is 12.1. The highest BCUT2D eigenvalue weighted by Crippen LogP contribution is 2.68. The van der Waals surface area contributed by atoms with Gasteiger partial charge in [0.15, 0.2) is 23.3 Å². The summed E-state index contributed by atoms with van der Waals surface area (Å²) in [5.74, 6) is 4.17. The third-order valence-electron chi connectivity index (χ3n) is 15.0. The molecule has 4 bridgehead atoms. The first-order valence-electron chi connectivity index (χ1n) is 23.7. The van der Waals surface area contributed by atoms with Crippen molar-refractivity contribution in [1.29, 1.82) is 10.8 Å². The van der Waals surface area contributed by atoms with Gasteiger partial charge in [0.1, 0.15) is 5.84 Å². The van der Waals surface area contributed by atoms with Crippen LogP contribution in [0.2, 0.25) is 0 Å². The molecule has 2 N–H and O–H groups in total. The largest absolute Gasteiger partial charge is 0.356 e. The predicted molar refractivity (Wildman–Crippen MR) is 269 cm³/mol. The number of aliphatic imine (C=N–C) groups is 1. The van der Waals surface area contributed by atoms with Gasteiger partial charge >= 0.3 is 0 Å². The van der Waals surface area contributed by atoms with Crippen molar-refractivity contribution in [2.75, 3.05) is 7.05 Å². The summed E-state index contributed by atoms with van der Waals surface area (Å²) in [6, 6.07) is 43.6. The molecule has 0 aliphatic heterocycles. The lowest BCUT2D eigenvalue weighted by atomic mass is 9.41. The van der Waals surface area contributed by atoms with E-state index in [1.54, 1.807) is 0 Å². The lowest BCUT2D eigenvalue weighted by molar-refractivity contribution is -0.0546. The molecule has 5 fully saturated rings. The number of hydrogen-bond acceptors (Lipinski definition) is 6. The van der Waals surface area contributed by atoms with Gasteiger partial charge in [0, 0.05) is 58.9 Å². The fraction of sp³-hybridized carbons (Fsp3) is 0.293. The zero-order valence-electron chi connectivity index (χ0n) is 38.1. The number of nitrogens with zero attached hydrogens (tertiary/aromatic N) is 6. The second kappa shape index (κ2) is 18.2. The molecule has 2 aromatic heterocycles. The Morgan fingerprint density at radius 3 is 1.85 bits per heavy atom. The Morgan fingerprint density at radius 1 is 0.742 bits per heavy atom. The summed E-state index contributed by atoms with van der Waals surface area (Å²) >= 11 is 0. The van der Waals surface area contributed by atoms with Crippen LogP contribution in [0.3, 0.4) is 0 Å². The Morgan fingerprint density at radius 2 is 1.32 bits per heavy atom. The number of allylic oxidation sites excluding steroid dienone is 4. The Kier molecular flexibility index (Phi) is 11.8. The van der Waals surface area contributed by atoms with Crippen LogP contribution in [0, 0.1) is 34.0 Å². The molecular formula is C58H58N8. The molecule has 8 nitrogen and oxygen atoms in total. The molecule has 0 amide bonds. The molecule has 2 heterocycles. The van der Waals surface area contributed by atoms with E-state index >= 15 is 0 Å². The standard InChI is InChI=1S/C58H58N8/c1-4-15-50(39(2)30-47(36-59)56(66(3)49-22-14-23-49)62-52(60)43-16-8-5-9-17-43)58-34-40-31-41(35-58)33-57(32-40,38-58)48-27-24-42(25-28-48)51-29-26-46(37-61-51)55-64-53(44-18-10-6-11-19-44)63-54(65-55)45-20-12-7-13-21-45/h4-13,15-21,24-30,36-37,39-41,49,59-60H,1,14,22-23,31-35,38H2,2-3H3/b47-30+,50-15+,59-36?,60-52?,62-56?. The summed E-state index contributed by atoms with van der Waals surface area (Å²) in [6.45, 7) is 6.54. The molecule has 6 aromatic rings. The van der Waals surface area contributed by atoms with E-state index in [9.17, 15) is 0 Å². The van der Waals surface area contributed by atoms with Gasteiger partial charge in [-0.15, -0.1) is 0 Å². The maximum Gasteiger partial charge on any atom is 0.165 e. The van der Waals surface area contributed by atoms with E-state index in [0.717, 1.165) is 58.3 Å². The van der Waals surface area contributed by atoms with E-state index in [2.05, 4.69) is 74.0 Å². The van der Waals surface area contributed by atoms with Crippen molar-refractivity contribution >= 4 is 17.9 Å². The number of benzene rings is 4. The summed E-state index contributed by atoms with van der Waals surface area (Å²) in [6.07, 6.45) is 20.5. The molecule has 3 unspecified atom stereocenters. The van der Waals surface area contributed by atoms with Gasteiger partial charge in [0.05, 0.1) is 5.69 Å². The average molecular weight is 867 g/mol. The smallest absolute Gasteiger partial charge is 0.165 e. The molecule has 0 saturated heterocycles. The van der Waals surface area contributed by atoms with Crippen molar-refractivity contribution < 1.29 is 0 Å². The maximum absolute atomic E-state index is 8.97. The molecule has 5 aliphatic rings. The van der Waals surface area contributed by atoms with Crippen molar-refractivity contribution in [3.05, 3.63) is 181 Å². The summed E-state index contributed by atoms with van der Waals surface area (Å²) < 4.78 is 0. The van der Waals surface area contributed by atoms with E-state index in [4.69, 9.17) is 35.7 Å². The highest BCUT2D eigenvalue weighted by molar-refractivity contribution is 6.19. The minimum absolute atomic E-state index is 0.0428. The first-order chi connectivity index (χ1) is 32.2. The molecule has 8 heteroatoms. The summed E-state index contributed by atoms with van der Waals surface area (Å²) in [5.41, 5.74) is 9.26. The molecule has 3 atom stereocenters. The van der Waals surface area contributed by atoms with Gasteiger partial charge in [0.2, 0.25) is 0 Å². The number of likely N-dealkylation sites (N-methyl/N-ethyl adjacent to an activating group) is 1. The monoisotopic (exact) mass is 866 g/mol. The number of nitrogens with one attached hydrogen (secondary N) is 2. The van der Waals surface area contributed by atoms with Crippen LogP contribution in [-0.4, -0.2) is 55.8 Å². The molecule has 66 heavy (non-hydrogen) atoms. The Hall–Kier alpha value is -6.93. The van der Waals surface area contributed by atoms with Crippen LogP contribution in [0.15, 0.2) is 175 Å². The summed E-state index contributed by atoms with van der Waals surface area (Å²) in [5, 5.41) is 17.7. The van der Waals surface area contributed by atoms with Crippen LogP contribution in [-0.2, 0) is 5.41 Å². The normalized spacial score (nSPS) is 23.2. The highest BCUT2D eigenvalue weighted by atomic mass is 15.2. The molecule has 5 saturated carbocycles. The SMILES string of the molecule is C=C/C=C(\C(C)/C=C(\C=N)C(=NC(=N)c1ccccc1)N(C)C1CCC1)C12CC3CC(C1)CC(c1ccc(-c4ccc(-c5nc(-c6ccccc6)nc(-c6ccccc6)n5)cn4)cc1)(C3)C2. The first kappa shape index (κ1) is 43.0. The average Bonchev–Trinajstić information content (AvgIpc) is 3.34. The molecule has 0 spiro atoms. The molecule has 5 aliphatic carbocycles. The zero-order chi connectivity index (χ0) is 45.3. The second-order valence-corrected chi connectivity index (χ2v) is 19.3. The van der Waals surface area contributed by atoms with Gasteiger partial charge in [0.25, 0.3) is 0 Å². The van der Waals surface area contributed by atoms with E-state index < -0.39 is 0 Å². The number of aromatic nitrogens is 4. The van der Waals surface area contributed by atoms with Crippen LogP contribution in [0.5, 0.6) is 0 Å². The van der Waals surface area contributed by atoms with Crippen LogP contribution >= 0.6 is 0 Å². The minimum Gasteiger partial charge on any atom is -0.356 e. The number of hydrogen-bond donors (Lipinski definition) is 2. The topological polar surface area (TPSA) is 115 Å². The summed E-state index contributed by atoms with van der Waals surface area (Å²) in [7, 11) is 2.09. The van der Waals surface area contributed by atoms with Gasteiger partial charge in [-0.25, -0.2) is 19.9 Å². The fourth-order valence-corrected chi connectivity index (χ4v) is 12.1. The zero-order valence-corrected chi connectivity index (χ0v) is 38.1. The van der Waals surface area contributed by atoms with Gasteiger partial charge in [-0.3, -0.25) is 10.4 Å². The van der Waals surface area contributed by atoms with E-state index in [0.29, 0.717) is 41.2 Å². The van der Waals surface area contributed by atoms with E-state index in [-0.39, 0.29) is 22.6 Å². The Balaban J connectivity index is 0.919. The van der Waals surface area contributed by atoms with E-state index in [1.165, 1.54) is 55.9 Å². The minimum atomic E-state index is 0.0428. The van der Waals surface area contributed by atoms with Crippen molar-refractivity contribution in [1.82, 2.24) is 24.8 Å². The van der Waals surface area contributed by atoms with Gasteiger partial charge in [-0.2, -0.15) is 0 Å². The lowest BCUT2D eigenvalue weighted by Crippen LogP contribution is -2.55. The third-order valence-corrected chi connectivity index (χ3v) is 15.0. The van der Waals surface area contributed by atoms with Crippen molar-refractivity contribution in [3.8, 4) is 45.4 Å². The lowest BCUT2D eigenvalue weighted by Gasteiger charge is -2.63. The molecule has 11 rings (SSSR count).